The number of nitrogens with zero attached hydrogens (tertiary/aromatic N) is 4. The summed E-state index contributed by atoms with van der Waals surface area (Å²) < 4.78 is 6.65. The fraction of sp³-hybridized carbons (Fsp3) is 0.188. The van der Waals surface area contributed by atoms with Crippen molar-refractivity contribution in [2.45, 2.75) is 25.8 Å². The normalized spacial score (nSPS) is 14.9. The molecule has 3 aromatic carbocycles. The van der Waals surface area contributed by atoms with Gasteiger partial charge in [-0.05, 0) is 89.9 Å². The monoisotopic (exact) mass is 654 g/mol. The van der Waals surface area contributed by atoms with E-state index in [2.05, 4.69) is 53.6 Å². The molecular weight excluding hydrogens is 628 g/mol. The van der Waals surface area contributed by atoms with Gasteiger partial charge >= 0.3 is 6.03 Å². The lowest BCUT2D eigenvalue weighted by molar-refractivity contribution is 0.103. The first-order valence-corrected chi connectivity index (χ1v) is 15.7. The molecule has 43 heavy (non-hydrogen) atoms. The Morgan fingerprint density at radius 2 is 1.79 bits per heavy atom. The number of amides is 3. The maximum absolute atomic E-state index is 13.5. The number of urea groups is 1. The van der Waals surface area contributed by atoms with Crippen LogP contribution in [-0.2, 0) is 6.54 Å². The molecule has 1 fully saturated rings. The van der Waals surface area contributed by atoms with Crippen molar-refractivity contribution in [3.8, 4) is 11.5 Å². The van der Waals surface area contributed by atoms with E-state index in [0.717, 1.165) is 19.6 Å². The number of piperidine rings is 1. The Bertz CT molecular complexity index is 1820. The minimum atomic E-state index is -0.425. The summed E-state index contributed by atoms with van der Waals surface area (Å²) in [7, 11) is 0. The Kier molecular flexibility index (Phi) is 7.52. The number of halogens is 1. The summed E-state index contributed by atoms with van der Waals surface area (Å²) in [4.78, 5) is 40.7. The Labute approximate surface area is 260 Å². The van der Waals surface area contributed by atoms with E-state index < -0.39 is 6.03 Å². The summed E-state index contributed by atoms with van der Waals surface area (Å²) in [5, 5.41) is 6.53. The van der Waals surface area contributed by atoms with Crippen LogP contribution in [0.5, 0.6) is 11.5 Å². The fourth-order valence-electron chi connectivity index (χ4n) is 5.45. The van der Waals surface area contributed by atoms with Crippen molar-refractivity contribution in [1.29, 1.82) is 0 Å². The van der Waals surface area contributed by atoms with Gasteiger partial charge in [-0.25, -0.2) is 19.7 Å². The van der Waals surface area contributed by atoms with Gasteiger partial charge < -0.3 is 15.4 Å². The zero-order chi connectivity index (χ0) is 29.3. The number of thiophene rings is 1. The molecule has 2 N–H and O–H groups in total. The lowest BCUT2D eigenvalue weighted by Crippen LogP contribution is -2.35. The van der Waals surface area contributed by atoms with E-state index in [-0.39, 0.29) is 5.91 Å². The Morgan fingerprint density at radius 1 is 1.00 bits per heavy atom. The molecule has 9 nitrogen and oxygen atoms in total. The second-order valence-corrected chi connectivity index (χ2v) is 12.3. The standard InChI is InChI=1S/C32H27BrN6O3S/c33-24-17-22(13-14-25(24)42-23-7-3-1-4-8-23)39-29-26-27(37-32(39)41)28(43-31(26)35-19-34-29)30(40)36-21-11-9-20(10-12-21)18-38-15-5-2-6-16-38/h1,3-4,7-14,17,19H,2,5-6,15-16,18H2,(H,36,40)(H,37,41). The van der Waals surface area contributed by atoms with E-state index in [0.29, 0.717) is 53.9 Å². The number of ether oxygens (including phenoxy) is 1. The topological polar surface area (TPSA) is 99.7 Å². The molecule has 5 aromatic rings. The van der Waals surface area contributed by atoms with Gasteiger partial charge in [-0.15, -0.1) is 11.3 Å². The molecule has 0 atom stereocenters. The van der Waals surface area contributed by atoms with Gasteiger partial charge in [-0.1, -0.05) is 36.8 Å². The zero-order valence-electron chi connectivity index (χ0n) is 23.0. The molecule has 2 aliphatic rings. The summed E-state index contributed by atoms with van der Waals surface area (Å²) in [6.07, 6.45) is 5.22. The molecule has 216 valence electrons. The molecule has 3 amide bonds. The van der Waals surface area contributed by atoms with Crippen molar-refractivity contribution in [1.82, 2.24) is 14.9 Å². The van der Waals surface area contributed by atoms with Crippen LogP contribution in [0.15, 0.2) is 83.6 Å². The average Bonchev–Trinajstić information content (AvgIpc) is 3.40. The molecule has 0 unspecified atom stereocenters. The number of nitrogens with one attached hydrogen (secondary N) is 2. The molecule has 7 rings (SSSR count). The lowest BCUT2D eigenvalue weighted by Gasteiger charge is -2.27. The number of carbonyl (C=O) groups excluding carboxylic acids is 2. The molecule has 0 bridgehead atoms. The van der Waals surface area contributed by atoms with Crippen LogP contribution in [0, 0.1) is 0 Å². The van der Waals surface area contributed by atoms with Gasteiger partial charge in [0.15, 0.2) is 5.82 Å². The van der Waals surface area contributed by atoms with E-state index >= 15 is 0 Å². The SMILES string of the molecule is O=C(Nc1ccc(CN2CCCCC2)cc1)c1sc2ncnc3c2c1NC(=O)N3c1ccc(Oc2ccccc2)c(Br)c1. The number of para-hydroxylation sites is 1. The van der Waals surface area contributed by atoms with E-state index in [1.54, 1.807) is 18.2 Å². The summed E-state index contributed by atoms with van der Waals surface area (Å²) >= 11 is 4.80. The predicted molar refractivity (Wildman–Crippen MR) is 173 cm³/mol. The minimum absolute atomic E-state index is 0.313. The highest BCUT2D eigenvalue weighted by Crippen LogP contribution is 2.45. The molecule has 2 aromatic heterocycles. The molecule has 4 heterocycles. The van der Waals surface area contributed by atoms with Crippen LogP contribution in [0.3, 0.4) is 0 Å². The highest BCUT2D eigenvalue weighted by Gasteiger charge is 2.34. The summed E-state index contributed by atoms with van der Waals surface area (Å²) in [6, 6.07) is 22.4. The van der Waals surface area contributed by atoms with Gasteiger partial charge in [0.2, 0.25) is 0 Å². The molecular formula is C32H27BrN6O3S. The van der Waals surface area contributed by atoms with Crippen molar-refractivity contribution < 1.29 is 14.3 Å². The minimum Gasteiger partial charge on any atom is -0.456 e. The molecule has 0 aliphatic carbocycles. The average molecular weight is 656 g/mol. The highest BCUT2D eigenvalue weighted by molar-refractivity contribution is 9.10. The van der Waals surface area contributed by atoms with Gasteiger partial charge in [-0.2, -0.15) is 0 Å². The molecule has 11 heteroatoms. The number of aromatic nitrogens is 2. The van der Waals surface area contributed by atoms with Crippen LogP contribution in [-0.4, -0.2) is 39.9 Å². The second-order valence-electron chi connectivity index (χ2n) is 10.5. The van der Waals surface area contributed by atoms with Gasteiger partial charge in [0.05, 0.1) is 21.2 Å². The third-order valence-electron chi connectivity index (χ3n) is 7.53. The zero-order valence-corrected chi connectivity index (χ0v) is 25.5. The maximum Gasteiger partial charge on any atom is 0.332 e. The smallest absolute Gasteiger partial charge is 0.332 e. The van der Waals surface area contributed by atoms with E-state index in [4.69, 9.17) is 4.74 Å². The van der Waals surface area contributed by atoms with Gasteiger partial charge in [0, 0.05) is 12.2 Å². The van der Waals surface area contributed by atoms with E-state index in [1.165, 1.54) is 47.4 Å². The van der Waals surface area contributed by atoms with Crippen molar-refractivity contribution in [3.05, 3.63) is 94.0 Å². The quantitative estimate of drug-likeness (QED) is 0.184. The maximum atomic E-state index is 13.5. The fourth-order valence-corrected chi connectivity index (χ4v) is 6.88. The number of anilines is 4. The van der Waals surface area contributed by atoms with Crippen LogP contribution < -0.4 is 20.3 Å². The lowest BCUT2D eigenvalue weighted by atomic mass is 10.1. The highest BCUT2D eigenvalue weighted by atomic mass is 79.9. The van der Waals surface area contributed by atoms with Crippen molar-refractivity contribution in [2.24, 2.45) is 0 Å². The number of hydrogen-bond donors (Lipinski definition) is 2. The first kappa shape index (κ1) is 27.5. The molecule has 0 saturated carbocycles. The van der Waals surface area contributed by atoms with E-state index in [9.17, 15) is 9.59 Å². The number of likely N-dealkylation sites (tertiary alicyclic amines) is 1. The van der Waals surface area contributed by atoms with Crippen molar-refractivity contribution in [2.75, 3.05) is 28.6 Å². The van der Waals surface area contributed by atoms with Crippen LogP contribution in [0.1, 0.15) is 34.5 Å². The number of hydrogen-bond acceptors (Lipinski definition) is 7. The second kappa shape index (κ2) is 11.8. The van der Waals surface area contributed by atoms with Crippen LogP contribution in [0.25, 0.3) is 10.2 Å². The van der Waals surface area contributed by atoms with Gasteiger partial charge in [0.1, 0.15) is 27.5 Å². The molecule has 1 saturated heterocycles. The first-order valence-electron chi connectivity index (χ1n) is 14.1. The number of rotatable bonds is 7. The van der Waals surface area contributed by atoms with Crippen LogP contribution in [0.2, 0.25) is 0 Å². The number of carbonyl (C=O) groups is 2. The van der Waals surface area contributed by atoms with Crippen molar-refractivity contribution >= 4 is 72.3 Å². The van der Waals surface area contributed by atoms with Gasteiger partial charge in [0.25, 0.3) is 5.91 Å². The Morgan fingerprint density at radius 3 is 2.56 bits per heavy atom. The predicted octanol–water partition coefficient (Wildman–Crippen LogP) is 8.17. The third kappa shape index (κ3) is 5.58. The Balaban J connectivity index is 1.13. The van der Waals surface area contributed by atoms with Gasteiger partial charge in [-0.3, -0.25) is 9.69 Å². The molecule has 2 aliphatic heterocycles. The first-order chi connectivity index (χ1) is 21.0. The largest absolute Gasteiger partial charge is 0.456 e. The Hall–Kier alpha value is -4.32. The summed E-state index contributed by atoms with van der Waals surface area (Å²) in [5.74, 6) is 1.40. The summed E-state index contributed by atoms with van der Waals surface area (Å²) in [6.45, 7) is 3.18. The number of benzene rings is 3. The van der Waals surface area contributed by atoms with Crippen molar-refractivity contribution in [3.63, 3.8) is 0 Å². The molecule has 0 spiro atoms. The van der Waals surface area contributed by atoms with Crippen LogP contribution in [0.4, 0.5) is 27.7 Å². The third-order valence-corrected chi connectivity index (χ3v) is 9.25. The van der Waals surface area contributed by atoms with Crippen LogP contribution >= 0.6 is 27.3 Å². The summed E-state index contributed by atoms with van der Waals surface area (Å²) in [5.41, 5.74) is 2.90. The van der Waals surface area contributed by atoms with E-state index in [1.807, 2.05) is 42.5 Å². The molecule has 0 radical (unpaired) electrons.